The molecule has 0 aromatic carbocycles. The predicted octanol–water partition coefficient (Wildman–Crippen LogP) is -6.02. The van der Waals surface area contributed by atoms with Gasteiger partial charge in [0, 0.05) is 0 Å². The summed E-state index contributed by atoms with van der Waals surface area (Å²) in [6.45, 7) is -1.45. The molecule has 0 spiro atoms. The third kappa shape index (κ3) is 13.2. The van der Waals surface area contributed by atoms with Gasteiger partial charge in [-0.2, -0.15) is 0 Å². The smallest absolute Gasteiger partial charge is 0.402 e. The van der Waals surface area contributed by atoms with Crippen LogP contribution in [0.5, 0.6) is 0 Å². The van der Waals surface area contributed by atoms with Crippen molar-refractivity contribution in [2.45, 2.75) is 24.4 Å². The maximum Gasteiger partial charge on any atom is 2.00 e. The molecule has 0 radical (unpaired) electrons. The molecule has 0 bridgehead atoms. The zero-order valence-electron chi connectivity index (χ0n) is 9.03. The molecule has 98 valence electrons. The normalized spacial score (nSPS) is 16.8. The number of rotatable bonds is 5. The quantitative estimate of drug-likeness (QED) is 0.222. The van der Waals surface area contributed by atoms with Crippen molar-refractivity contribution in [1.29, 1.82) is 0 Å². The van der Waals surface area contributed by atoms with Crippen LogP contribution in [0.2, 0.25) is 0 Å². The summed E-state index contributed by atoms with van der Waals surface area (Å²) in [5.74, 6) is 0. The molecule has 0 aliphatic rings. The van der Waals surface area contributed by atoms with E-state index in [4.69, 9.17) is 45.7 Å². The van der Waals surface area contributed by atoms with Crippen molar-refractivity contribution < 1.29 is 45.7 Å². The summed E-state index contributed by atoms with van der Waals surface area (Å²) in [4.78, 5) is 0. The molecule has 0 saturated heterocycles. The number of aliphatic hydroxyl groups excluding tert-OH is 6. The van der Waals surface area contributed by atoms with Crippen molar-refractivity contribution in [3.05, 3.63) is 0 Å². The molecule has 0 rings (SSSR count). The van der Waals surface area contributed by atoms with E-state index in [0.717, 1.165) is 0 Å². The van der Waals surface area contributed by atoms with E-state index in [1.807, 2.05) is 0 Å². The average molecular weight is 284 g/mol. The molecule has 0 unspecified atom stereocenters. The minimum Gasteiger partial charge on any atom is -0.402 e. The monoisotopic (exact) mass is 284 g/mol. The van der Waals surface area contributed by atoms with Gasteiger partial charge in [0.2, 0.25) is 0 Å². The first kappa shape index (κ1) is 23.1. The van der Waals surface area contributed by atoms with Crippen molar-refractivity contribution >= 4 is 45.1 Å². The third-order valence-electron chi connectivity index (χ3n) is 1.51. The molecule has 11 heteroatoms. The summed E-state index contributed by atoms with van der Waals surface area (Å²) < 4.78 is 0. The van der Waals surface area contributed by atoms with Gasteiger partial charge in [-0.1, -0.05) is 0 Å². The van der Waals surface area contributed by atoms with Crippen LogP contribution < -0.4 is 0 Å². The summed E-state index contributed by atoms with van der Waals surface area (Å²) in [5, 5.41) is 73.7. The van der Waals surface area contributed by atoms with Crippen LogP contribution in [0.15, 0.2) is 0 Å². The molecule has 0 aliphatic heterocycles. The second kappa shape index (κ2) is 13.4. The summed E-state index contributed by atoms with van der Waals surface area (Å²) in [6.07, 6.45) is -6.39. The number of aliphatic hydroxyl groups is 6. The van der Waals surface area contributed by atoms with E-state index in [1.165, 1.54) is 0 Å². The van der Waals surface area contributed by atoms with Crippen LogP contribution in [0.25, 0.3) is 0 Å². The second-order valence-electron chi connectivity index (χ2n) is 2.83. The van der Waals surface area contributed by atoms with Crippen molar-refractivity contribution in [3.8, 4) is 0 Å². The number of hydrogen-bond acceptors (Lipinski definition) is 9. The molecule has 0 heterocycles. The Bertz CT molecular complexity index is 146. The van der Waals surface area contributed by atoms with Gasteiger partial charge >= 0.3 is 45.1 Å². The third-order valence-corrected chi connectivity index (χ3v) is 1.51. The van der Waals surface area contributed by atoms with Crippen LogP contribution >= 0.6 is 0 Å². The Morgan fingerprint density at radius 1 is 0.706 bits per heavy atom. The molecular weight excluding hydrogens is 267 g/mol. The largest absolute Gasteiger partial charge is 2.00 e. The van der Waals surface area contributed by atoms with E-state index in [1.54, 1.807) is 0 Å². The Morgan fingerprint density at radius 3 is 1.00 bits per heavy atom. The fraction of sp³-hybridized carbons (Fsp3) is 1.00. The van der Waals surface area contributed by atoms with Crippen LogP contribution in [0.4, 0.5) is 0 Å². The van der Waals surface area contributed by atoms with E-state index >= 15 is 0 Å². The molecule has 4 atom stereocenters. The van der Waals surface area contributed by atoms with Gasteiger partial charge in [-0.15, -0.1) is 0 Å². The van der Waals surface area contributed by atoms with Crippen molar-refractivity contribution in [1.82, 2.24) is 0 Å². The van der Waals surface area contributed by atoms with Gasteiger partial charge in [0.1, 0.15) is 24.4 Å². The van der Waals surface area contributed by atoms with E-state index in [9.17, 15) is 0 Å². The fourth-order valence-corrected chi connectivity index (χ4v) is 0.671. The van der Waals surface area contributed by atoms with E-state index < -0.39 is 45.0 Å². The maximum atomic E-state index is 8.96. The van der Waals surface area contributed by atoms with E-state index in [-0.39, 0.29) is 37.7 Å². The van der Waals surface area contributed by atoms with Gasteiger partial charge in [-0.25, -0.2) is 0 Å². The summed E-state index contributed by atoms with van der Waals surface area (Å²) in [6, 6.07) is 0. The molecule has 17 heavy (non-hydrogen) atoms. The van der Waals surface area contributed by atoms with Gasteiger partial charge in [0.05, 0.1) is 13.2 Å². The molecular formula is C6H17BCaO9+2. The van der Waals surface area contributed by atoms with Crippen LogP contribution in [0.3, 0.4) is 0 Å². The predicted molar refractivity (Wildman–Crippen MR) is 56.4 cm³/mol. The maximum absolute atomic E-state index is 8.96. The Kier molecular flexibility index (Phi) is 18.2. The fourth-order valence-electron chi connectivity index (χ4n) is 0.671. The molecule has 9 nitrogen and oxygen atoms in total. The first-order chi connectivity index (χ1) is 7.27. The molecule has 0 aliphatic carbocycles. The second-order valence-corrected chi connectivity index (χ2v) is 2.83. The Hall–Kier alpha value is 0.965. The zero-order chi connectivity index (χ0) is 13.3. The van der Waals surface area contributed by atoms with Crippen LogP contribution in [0, 0.1) is 0 Å². The van der Waals surface area contributed by atoms with Gasteiger partial charge < -0.3 is 45.7 Å². The summed E-state index contributed by atoms with van der Waals surface area (Å²) in [7, 11) is -2.17. The molecule has 0 aromatic heterocycles. The Labute approximate surface area is 128 Å². The van der Waals surface area contributed by atoms with Crippen molar-refractivity contribution in [3.63, 3.8) is 0 Å². The van der Waals surface area contributed by atoms with Crippen molar-refractivity contribution in [2.75, 3.05) is 13.2 Å². The van der Waals surface area contributed by atoms with Gasteiger partial charge in [-0.05, 0) is 0 Å². The number of hydrogen-bond donors (Lipinski definition) is 9. The van der Waals surface area contributed by atoms with E-state index in [0.29, 0.717) is 0 Å². The average Bonchev–Trinajstić information content (AvgIpc) is 2.24. The standard InChI is InChI=1S/C6H14O6.BH3O3.Ca/c7-1-3(9)5(11)6(12)4(10)2-8;2-1(3)4;/h3-12H,1-2H2;2-4H;/q;;+2/t3-,4-,5-,6-;;/m1../s1. The minimum atomic E-state index is -2.17. The molecule has 9 N–H and O–H groups in total. The Morgan fingerprint density at radius 2 is 0.882 bits per heavy atom. The molecule has 0 fully saturated rings. The Balaban J connectivity index is -0.000000340. The molecule has 0 aromatic rings. The summed E-state index contributed by atoms with van der Waals surface area (Å²) >= 11 is 0. The SMILES string of the molecule is OB(O)O.OC[C@@H](O)[C@@H](O)[C@H](O)[C@H](O)CO.[Ca+2]. The topological polar surface area (TPSA) is 182 Å². The van der Waals surface area contributed by atoms with Crippen LogP contribution in [-0.4, -0.2) is 128 Å². The van der Waals surface area contributed by atoms with Gasteiger partial charge in [0.15, 0.2) is 0 Å². The van der Waals surface area contributed by atoms with E-state index in [2.05, 4.69) is 0 Å². The summed E-state index contributed by atoms with van der Waals surface area (Å²) in [5.41, 5.74) is 0. The van der Waals surface area contributed by atoms with Gasteiger partial charge in [-0.3, -0.25) is 0 Å². The first-order valence-electron chi connectivity index (χ1n) is 4.26. The first-order valence-corrected chi connectivity index (χ1v) is 4.26. The van der Waals surface area contributed by atoms with Crippen LogP contribution in [0.1, 0.15) is 0 Å². The van der Waals surface area contributed by atoms with Crippen LogP contribution in [-0.2, 0) is 0 Å². The molecule has 0 amide bonds. The molecule has 0 saturated carbocycles. The zero-order valence-corrected chi connectivity index (χ0v) is 11.2. The van der Waals surface area contributed by atoms with Crippen molar-refractivity contribution in [2.24, 2.45) is 0 Å². The van der Waals surface area contributed by atoms with Gasteiger partial charge in [0.25, 0.3) is 0 Å². The minimum absolute atomic E-state index is 0.